The maximum absolute atomic E-state index is 12.2. The zero-order valence-corrected chi connectivity index (χ0v) is 16.9. The molecule has 3 aromatic rings. The fraction of sp³-hybridized carbons (Fsp3) is 0.158. The third-order valence-electron chi connectivity index (χ3n) is 3.65. The number of amides is 1. The lowest BCUT2D eigenvalue weighted by Gasteiger charge is -2.11. The van der Waals surface area contributed by atoms with Crippen LogP contribution in [0.15, 0.2) is 50.4 Å². The molecule has 0 aliphatic heterocycles. The molecule has 0 unspecified atom stereocenters. The molecule has 8 heteroatoms. The minimum Gasteiger partial charge on any atom is -0.493 e. The number of hydrogen-bond acceptors (Lipinski definition) is 5. The van der Waals surface area contributed by atoms with Gasteiger partial charge in [0, 0.05) is 20.4 Å². The Hall–Kier alpha value is -2.51. The number of benzene rings is 2. The third-order valence-corrected chi connectivity index (χ3v) is 4.58. The molecule has 1 N–H and O–H groups in total. The molecule has 0 aliphatic carbocycles. The molecule has 2 aromatic carbocycles. The number of furan rings is 1. The van der Waals surface area contributed by atoms with E-state index in [1.54, 1.807) is 43.5 Å². The number of nitrogens with zero attached hydrogens (tertiary/aromatic N) is 1. The fourth-order valence-electron chi connectivity index (χ4n) is 2.42. The minimum absolute atomic E-state index is 0.146. The molecule has 0 radical (unpaired) electrons. The number of carbonyl (C=O) groups excluding carboxylic acids is 1. The lowest BCUT2D eigenvalue weighted by Crippen LogP contribution is -2.16. The Kier molecular flexibility index (Phi) is 6.03. The van der Waals surface area contributed by atoms with E-state index in [9.17, 15) is 4.79 Å². The summed E-state index contributed by atoms with van der Waals surface area (Å²) in [4.78, 5) is 12.2. The van der Waals surface area contributed by atoms with Gasteiger partial charge in [-0.2, -0.15) is 5.10 Å². The predicted octanol–water partition coefficient (Wildman–Crippen LogP) is 5.02. The summed E-state index contributed by atoms with van der Waals surface area (Å²) in [6, 6.07) is 10.3. The number of halogens is 2. The van der Waals surface area contributed by atoms with Crippen LogP contribution in [0.1, 0.15) is 23.0 Å². The average molecular weight is 452 g/mol. The second-order valence-corrected chi connectivity index (χ2v) is 6.74. The van der Waals surface area contributed by atoms with Gasteiger partial charge in [-0.25, -0.2) is 5.43 Å². The number of nitrogens with one attached hydrogen (secondary N) is 1. The van der Waals surface area contributed by atoms with E-state index in [0.29, 0.717) is 34.3 Å². The van der Waals surface area contributed by atoms with Crippen LogP contribution in [0, 0.1) is 0 Å². The normalized spacial score (nSPS) is 11.1. The lowest BCUT2D eigenvalue weighted by molar-refractivity contribution is 0.0929. The number of fused-ring (bicyclic) bond motifs is 1. The summed E-state index contributed by atoms with van der Waals surface area (Å²) < 4.78 is 17.1. The molecule has 1 aromatic heterocycles. The minimum atomic E-state index is -0.465. The van der Waals surface area contributed by atoms with Crippen LogP contribution < -0.4 is 14.9 Å². The van der Waals surface area contributed by atoms with Gasteiger partial charge in [0.05, 0.1) is 19.9 Å². The highest BCUT2D eigenvalue weighted by Crippen LogP contribution is 2.32. The first-order valence-electron chi connectivity index (χ1n) is 8.04. The van der Waals surface area contributed by atoms with Crippen molar-refractivity contribution in [2.45, 2.75) is 6.92 Å². The smallest absolute Gasteiger partial charge is 0.307 e. The number of rotatable bonds is 6. The summed E-state index contributed by atoms with van der Waals surface area (Å²) in [6.45, 7) is 2.42. The van der Waals surface area contributed by atoms with Gasteiger partial charge < -0.3 is 13.9 Å². The largest absolute Gasteiger partial charge is 0.493 e. The van der Waals surface area contributed by atoms with Gasteiger partial charge in [-0.05, 0) is 59.3 Å². The van der Waals surface area contributed by atoms with Crippen molar-refractivity contribution in [1.82, 2.24) is 5.43 Å². The van der Waals surface area contributed by atoms with E-state index >= 15 is 0 Å². The van der Waals surface area contributed by atoms with Crippen LogP contribution in [0.25, 0.3) is 11.0 Å². The second-order valence-electron chi connectivity index (χ2n) is 5.45. The van der Waals surface area contributed by atoms with Crippen LogP contribution in [0.2, 0.25) is 5.02 Å². The third kappa shape index (κ3) is 4.43. The number of methoxy groups -OCH3 is 1. The van der Waals surface area contributed by atoms with E-state index < -0.39 is 5.91 Å². The molecule has 0 bridgehead atoms. The standard InChI is InChI=1S/C19H16BrClN2O4/c1-3-26-17-9-14(20)12(8-16(17)25-2)10-22-23-19(24)18-7-11-6-13(21)4-5-15(11)27-18/h4-10H,3H2,1-2H3,(H,23,24). The Morgan fingerprint density at radius 2 is 2.11 bits per heavy atom. The van der Waals surface area contributed by atoms with Crippen LogP contribution in [0.5, 0.6) is 11.5 Å². The van der Waals surface area contributed by atoms with Crippen LogP contribution in [-0.4, -0.2) is 25.8 Å². The van der Waals surface area contributed by atoms with Crippen LogP contribution in [-0.2, 0) is 0 Å². The highest BCUT2D eigenvalue weighted by molar-refractivity contribution is 9.10. The van der Waals surface area contributed by atoms with Gasteiger partial charge in [0.1, 0.15) is 5.58 Å². The number of ether oxygens (including phenoxy) is 2. The van der Waals surface area contributed by atoms with Crippen molar-refractivity contribution in [3.05, 3.63) is 57.2 Å². The van der Waals surface area contributed by atoms with E-state index in [-0.39, 0.29) is 5.76 Å². The molecule has 140 valence electrons. The van der Waals surface area contributed by atoms with Crippen molar-refractivity contribution in [3.63, 3.8) is 0 Å². The van der Waals surface area contributed by atoms with E-state index in [4.69, 9.17) is 25.5 Å². The van der Waals surface area contributed by atoms with Gasteiger partial charge in [-0.1, -0.05) is 11.6 Å². The molecule has 0 spiro atoms. The van der Waals surface area contributed by atoms with Crippen LogP contribution in [0.4, 0.5) is 0 Å². The highest BCUT2D eigenvalue weighted by Gasteiger charge is 2.12. The van der Waals surface area contributed by atoms with Gasteiger partial charge in [0.2, 0.25) is 0 Å². The molecule has 1 amide bonds. The molecule has 0 saturated heterocycles. The Labute approximate surface area is 169 Å². The van der Waals surface area contributed by atoms with Crippen LogP contribution in [0.3, 0.4) is 0 Å². The summed E-state index contributed by atoms with van der Waals surface area (Å²) in [5.74, 6) is 0.872. The first-order chi connectivity index (χ1) is 13.0. The van der Waals surface area contributed by atoms with Gasteiger partial charge in [0.15, 0.2) is 17.3 Å². The molecule has 0 saturated carbocycles. The number of hydrogen-bond donors (Lipinski definition) is 1. The summed E-state index contributed by atoms with van der Waals surface area (Å²) in [5.41, 5.74) is 3.73. The van der Waals surface area contributed by atoms with Crippen molar-refractivity contribution < 1.29 is 18.7 Å². The zero-order valence-electron chi connectivity index (χ0n) is 14.6. The molecular weight excluding hydrogens is 436 g/mol. The lowest BCUT2D eigenvalue weighted by atomic mass is 10.2. The average Bonchev–Trinajstić information content (AvgIpc) is 3.07. The Bertz CT molecular complexity index is 1020. The maximum atomic E-state index is 12.2. The first-order valence-corrected chi connectivity index (χ1v) is 9.21. The van der Waals surface area contributed by atoms with E-state index in [1.165, 1.54) is 6.21 Å². The van der Waals surface area contributed by atoms with Gasteiger partial charge in [0.25, 0.3) is 0 Å². The van der Waals surface area contributed by atoms with Gasteiger partial charge >= 0.3 is 5.91 Å². The molecule has 27 heavy (non-hydrogen) atoms. The quantitative estimate of drug-likeness (QED) is 0.422. The maximum Gasteiger partial charge on any atom is 0.307 e. The molecule has 3 rings (SSSR count). The Morgan fingerprint density at radius 3 is 2.85 bits per heavy atom. The SMILES string of the molecule is CCOc1cc(Br)c(C=NNC(=O)c2cc3cc(Cl)ccc3o2)cc1OC. The number of carbonyl (C=O) groups is 1. The highest BCUT2D eigenvalue weighted by atomic mass is 79.9. The van der Waals surface area contributed by atoms with E-state index in [2.05, 4.69) is 26.5 Å². The van der Waals surface area contributed by atoms with Gasteiger partial charge in [-0.15, -0.1) is 0 Å². The van der Waals surface area contributed by atoms with Crippen molar-refractivity contribution >= 4 is 50.6 Å². The predicted molar refractivity (Wildman–Crippen MR) is 108 cm³/mol. The molecule has 1 heterocycles. The van der Waals surface area contributed by atoms with Crippen molar-refractivity contribution in [2.24, 2.45) is 5.10 Å². The molecular formula is C19H16BrClN2O4. The Morgan fingerprint density at radius 1 is 1.30 bits per heavy atom. The summed E-state index contributed by atoms with van der Waals surface area (Å²) in [7, 11) is 1.56. The molecule has 0 fully saturated rings. The van der Waals surface area contributed by atoms with Gasteiger partial charge in [-0.3, -0.25) is 4.79 Å². The van der Waals surface area contributed by atoms with Crippen LogP contribution >= 0.6 is 27.5 Å². The molecule has 0 aliphatic rings. The van der Waals surface area contributed by atoms with E-state index in [0.717, 1.165) is 9.86 Å². The summed E-state index contributed by atoms with van der Waals surface area (Å²) in [5, 5.41) is 5.30. The van der Waals surface area contributed by atoms with Crippen molar-refractivity contribution in [3.8, 4) is 11.5 Å². The van der Waals surface area contributed by atoms with Crippen molar-refractivity contribution in [2.75, 3.05) is 13.7 Å². The zero-order chi connectivity index (χ0) is 19.4. The topological polar surface area (TPSA) is 73.1 Å². The Balaban J connectivity index is 1.75. The monoisotopic (exact) mass is 450 g/mol. The number of hydrazone groups is 1. The van der Waals surface area contributed by atoms with E-state index in [1.807, 2.05) is 6.92 Å². The molecule has 6 nitrogen and oxygen atoms in total. The second kappa shape index (κ2) is 8.45. The summed E-state index contributed by atoms with van der Waals surface area (Å²) in [6.07, 6.45) is 1.50. The first kappa shape index (κ1) is 19.3. The fourth-order valence-corrected chi connectivity index (χ4v) is 3.02. The summed E-state index contributed by atoms with van der Waals surface area (Å²) >= 11 is 9.39. The molecule has 0 atom stereocenters. The van der Waals surface area contributed by atoms with Crippen molar-refractivity contribution in [1.29, 1.82) is 0 Å².